The fourth-order valence-corrected chi connectivity index (χ4v) is 4.28. The van der Waals surface area contributed by atoms with E-state index in [9.17, 15) is 9.90 Å². The van der Waals surface area contributed by atoms with Crippen molar-refractivity contribution in [3.8, 4) is 0 Å². The van der Waals surface area contributed by atoms with Gasteiger partial charge in [0.05, 0.1) is 6.61 Å². The van der Waals surface area contributed by atoms with Crippen molar-refractivity contribution in [3.63, 3.8) is 0 Å². The third-order valence-corrected chi connectivity index (χ3v) is 5.50. The lowest BCUT2D eigenvalue weighted by Crippen LogP contribution is -2.42. The van der Waals surface area contributed by atoms with Gasteiger partial charge < -0.3 is 10.0 Å². The van der Waals surface area contributed by atoms with E-state index in [4.69, 9.17) is 0 Å². The number of aryl methyl sites for hydroxylation is 1. The summed E-state index contributed by atoms with van der Waals surface area (Å²) >= 11 is 0. The predicted molar refractivity (Wildman–Crippen MR) is 79.5 cm³/mol. The maximum Gasteiger partial charge on any atom is 0.223 e. The van der Waals surface area contributed by atoms with Crippen molar-refractivity contribution in [2.45, 2.75) is 64.1 Å². The number of fused-ring (bicyclic) bond motifs is 2. The van der Waals surface area contributed by atoms with E-state index in [-0.39, 0.29) is 24.0 Å². The van der Waals surface area contributed by atoms with E-state index < -0.39 is 0 Å². The van der Waals surface area contributed by atoms with Crippen molar-refractivity contribution in [1.82, 2.24) is 14.7 Å². The summed E-state index contributed by atoms with van der Waals surface area (Å²) in [6.45, 7) is 3.14. The Morgan fingerprint density at radius 2 is 2.33 bits per heavy atom. The lowest BCUT2D eigenvalue weighted by molar-refractivity contribution is -0.133. The number of carbonyl (C=O) groups excluding carboxylic acids is 1. The largest absolute Gasteiger partial charge is 0.396 e. The van der Waals surface area contributed by atoms with Gasteiger partial charge in [-0.25, -0.2) is 0 Å². The number of hydrogen-bond donors (Lipinski definition) is 1. The summed E-state index contributed by atoms with van der Waals surface area (Å²) in [4.78, 5) is 14.7. The number of amides is 1. The monoisotopic (exact) mass is 291 g/mol. The van der Waals surface area contributed by atoms with E-state index in [1.165, 1.54) is 0 Å². The van der Waals surface area contributed by atoms with E-state index in [2.05, 4.69) is 16.9 Å². The third-order valence-electron chi connectivity index (χ3n) is 5.50. The molecule has 5 heteroatoms. The zero-order chi connectivity index (χ0) is 14.9. The summed E-state index contributed by atoms with van der Waals surface area (Å²) in [5.41, 5.74) is -0.0411. The lowest BCUT2D eigenvalue weighted by atomic mass is 9.72. The molecule has 0 spiro atoms. The van der Waals surface area contributed by atoms with Crippen molar-refractivity contribution >= 4 is 5.91 Å². The van der Waals surface area contributed by atoms with Crippen LogP contribution in [0.3, 0.4) is 0 Å². The van der Waals surface area contributed by atoms with Gasteiger partial charge in [0.15, 0.2) is 0 Å². The summed E-state index contributed by atoms with van der Waals surface area (Å²) in [5.74, 6) is 0.262. The van der Waals surface area contributed by atoms with Crippen molar-refractivity contribution < 1.29 is 9.90 Å². The molecule has 2 bridgehead atoms. The molecule has 21 heavy (non-hydrogen) atoms. The Balaban J connectivity index is 1.58. The zero-order valence-electron chi connectivity index (χ0n) is 12.7. The molecule has 1 amide bonds. The van der Waals surface area contributed by atoms with Crippen LogP contribution in [0.4, 0.5) is 0 Å². The fraction of sp³-hybridized carbons (Fsp3) is 0.750. The highest BCUT2D eigenvalue weighted by Gasteiger charge is 2.55. The van der Waals surface area contributed by atoms with E-state index in [0.29, 0.717) is 12.5 Å². The molecular weight excluding hydrogens is 266 g/mol. The molecule has 2 saturated heterocycles. The van der Waals surface area contributed by atoms with Crippen LogP contribution in [0.2, 0.25) is 0 Å². The summed E-state index contributed by atoms with van der Waals surface area (Å²) < 4.78 is 1.87. The average molecular weight is 291 g/mol. The standard InChI is InChI=1S/C16H25N3O2/c1-2-16(12-20)11-13-6-7-14(16)19(13)15(21)5-3-9-18-10-4-8-17-18/h4,8,10,13-14,20H,2-3,5-7,9,11-12H2,1H3/t13-,14+,16-/m0/s1. The molecule has 0 aromatic carbocycles. The minimum Gasteiger partial charge on any atom is -0.396 e. The van der Waals surface area contributed by atoms with E-state index in [0.717, 1.165) is 38.6 Å². The van der Waals surface area contributed by atoms with Gasteiger partial charge in [0.1, 0.15) is 0 Å². The molecular formula is C16H25N3O2. The summed E-state index contributed by atoms with van der Waals surface area (Å²) in [7, 11) is 0. The van der Waals surface area contributed by atoms with Crippen LogP contribution in [0.25, 0.3) is 0 Å². The van der Waals surface area contributed by atoms with Gasteiger partial charge in [0.2, 0.25) is 5.91 Å². The number of aliphatic hydroxyl groups is 1. The van der Waals surface area contributed by atoms with Gasteiger partial charge in [0, 0.05) is 42.9 Å². The molecule has 3 heterocycles. The molecule has 3 rings (SSSR count). The van der Waals surface area contributed by atoms with Crippen LogP contribution in [0.15, 0.2) is 18.5 Å². The highest BCUT2D eigenvalue weighted by atomic mass is 16.3. The first-order valence-electron chi connectivity index (χ1n) is 8.09. The van der Waals surface area contributed by atoms with E-state index in [1.807, 2.05) is 16.9 Å². The molecule has 0 aliphatic carbocycles. The minimum atomic E-state index is -0.0411. The number of nitrogens with zero attached hydrogens (tertiary/aromatic N) is 3. The number of carbonyl (C=O) groups is 1. The van der Waals surface area contributed by atoms with Crippen molar-refractivity contribution in [3.05, 3.63) is 18.5 Å². The molecule has 1 aromatic rings. The molecule has 2 aliphatic heterocycles. The van der Waals surface area contributed by atoms with Gasteiger partial charge in [-0.3, -0.25) is 9.48 Å². The maximum absolute atomic E-state index is 12.6. The smallest absolute Gasteiger partial charge is 0.223 e. The minimum absolute atomic E-state index is 0.0411. The number of rotatable bonds is 6. The first-order valence-corrected chi connectivity index (χ1v) is 8.09. The molecule has 1 N–H and O–H groups in total. The topological polar surface area (TPSA) is 58.4 Å². The fourth-order valence-electron chi connectivity index (χ4n) is 4.28. The predicted octanol–water partition coefficient (Wildman–Crippen LogP) is 1.82. The second-order valence-electron chi connectivity index (χ2n) is 6.50. The SMILES string of the molecule is CC[C@@]1(CO)C[C@@H]2CC[C@H]1N2C(=O)CCCn1cccn1. The van der Waals surface area contributed by atoms with Crippen LogP contribution in [0.5, 0.6) is 0 Å². The molecule has 0 radical (unpaired) electrons. The number of aliphatic hydroxyl groups excluding tert-OH is 1. The molecule has 116 valence electrons. The van der Waals surface area contributed by atoms with Gasteiger partial charge in [-0.1, -0.05) is 6.92 Å². The van der Waals surface area contributed by atoms with Crippen LogP contribution in [0.1, 0.15) is 45.4 Å². The third kappa shape index (κ3) is 2.48. The van der Waals surface area contributed by atoms with E-state index >= 15 is 0 Å². The number of aromatic nitrogens is 2. The van der Waals surface area contributed by atoms with E-state index in [1.54, 1.807) is 6.20 Å². The van der Waals surface area contributed by atoms with Crippen LogP contribution in [0, 0.1) is 5.41 Å². The maximum atomic E-state index is 12.6. The molecule has 0 saturated carbocycles. The Morgan fingerprint density at radius 1 is 1.48 bits per heavy atom. The molecule has 2 fully saturated rings. The molecule has 5 nitrogen and oxygen atoms in total. The first kappa shape index (κ1) is 14.6. The Morgan fingerprint density at radius 3 is 2.95 bits per heavy atom. The molecule has 3 atom stereocenters. The van der Waals surface area contributed by atoms with Crippen LogP contribution >= 0.6 is 0 Å². The Kier molecular flexibility index (Phi) is 4.02. The van der Waals surface area contributed by atoms with Gasteiger partial charge in [0.25, 0.3) is 0 Å². The van der Waals surface area contributed by atoms with Crippen LogP contribution < -0.4 is 0 Å². The average Bonchev–Trinajstić information content (AvgIpc) is 3.21. The van der Waals surface area contributed by atoms with Gasteiger partial charge >= 0.3 is 0 Å². The second-order valence-corrected chi connectivity index (χ2v) is 6.50. The highest BCUT2D eigenvalue weighted by Crippen LogP contribution is 2.51. The zero-order valence-corrected chi connectivity index (χ0v) is 12.7. The normalized spacial score (nSPS) is 31.0. The Bertz CT molecular complexity index is 482. The van der Waals surface area contributed by atoms with Gasteiger partial charge in [-0.05, 0) is 38.2 Å². The first-order chi connectivity index (χ1) is 10.2. The van der Waals surface area contributed by atoms with Crippen LogP contribution in [-0.2, 0) is 11.3 Å². The highest BCUT2D eigenvalue weighted by molar-refractivity contribution is 5.77. The quantitative estimate of drug-likeness (QED) is 0.869. The lowest BCUT2D eigenvalue weighted by Gasteiger charge is -2.34. The summed E-state index contributed by atoms with van der Waals surface area (Å²) in [5, 5.41) is 14.0. The van der Waals surface area contributed by atoms with Crippen molar-refractivity contribution in [1.29, 1.82) is 0 Å². The molecule has 0 unspecified atom stereocenters. The van der Waals surface area contributed by atoms with Crippen molar-refractivity contribution in [2.75, 3.05) is 6.61 Å². The Hall–Kier alpha value is -1.36. The number of hydrogen-bond acceptors (Lipinski definition) is 3. The van der Waals surface area contributed by atoms with Gasteiger partial charge in [-0.2, -0.15) is 5.10 Å². The second kappa shape index (κ2) is 5.79. The summed E-state index contributed by atoms with van der Waals surface area (Å²) in [6, 6.07) is 2.52. The molecule has 1 aromatic heterocycles. The van der Waals surface area contributed by atoms with Gasteiger partial charge in [-0.15, -0.1) is 0 Å². The molecule has 2 aliphatic rings. The summed E-state index contributed by atoms with van der Waals surface area (Å²) in [6.07, 6.45) is 9.21. The van der Waals surface area contributed by atoms with Crippen LogP contribution in [-0.4, -0.2) is 44.4 Å². The Labute approximate surface area is 125 Å². The van der Waals surface area contributed by atoms with Crippen molar-refractivity contribution in [2.24, 2.45) is 5.41 Å².